The first-order valence-corrected chi connectivity index (χ1v) is 8.33. The second kappa shape index (κ2) is 4.98. The molecule has 1 aromatic carbocycles. The maximum Gasteiger partial charge on any atom is 0.339 e. The molecule has 1 aromatic rings. The first-order chi connectivity index (χ1) is 10.9. The Labute approximate surface area is 134 Å². The van der Waals surface area contributed by atoms with Crippen LogP contribution in [0.15, 0.2) is 18.2 Å². The van der Waals surface area contributed by atoms with Crippen LogP contribution in [0.4, 0.5) is 5.69 Å². The largest absolute Gasteiger partial charge is 0.507 e. The number of carboxylic acids is 1. The predicted octanol–water partition coefficient (Wildman–Crippen LogP) is 3.25. The van der Waals surface area contributed by atoms with Gasteiger partial charge in [-0.2, -0.15) is 0 Å². The van der Waals surface area contributed by atoms with Crippen molar-refractivity contribution in [3.63, 3.8) is 0 Å². The third-order valence-corrected chi connectivity index (χ3v) is 6.00. The summed E-state index contributed by atoms with van der Waals surface area (Å²) < 4.78 is 0. The lowest BCUT2D eigenvalue weighted by Gasteiger charge is -2.55. The van der Waals surface area contributed by atoms with E-state index < -0.39 is 5.97 Å². The molecule has 5 nitrogen and oxygen atoms in total. The number of carbonyl (C=O) groups excluding carboxylic acids is 1. The van der Waals surface area contributed by atoms with Crippen molar-refractivity contribution in [1.29, 1.82) is 0 Å². The molecular formula is C18H21NO4. The summed E-state index contributed by atoms with van der Waals surface area (Å²) in [4.78, 5) is 24.0. The number of carbonyl (C=O) groups is 2. The number of aromatic hydroxyl groups is 1. The van der Waals surface area contributed by atoms with Crippen LogP contribution in [0.1, 0.15) is 48.9 Å². The highest BCUT2D eigenvalue weighted by Gasteiger charge is 2.54. The van der Waals surface area contributed by atoms with Crippen LogP contribution in [0, 0.1) is 23.2 Å². The number of rotatable bonds is 3. The molecule has 0 heterocycles. The van der Waals surface area contributed by atoms with Crippen LogP contribution in [0.5, 0.6) is 5.75 Å². The topological polar surface area (TPSA) is 86.6 Å². The Kier molecular flexibility index (Phi) is 3.15. The highest BCUT2D eigenvalue weighted by Crippen LogP contribution is 2.60. The third-order valence-electron chi connectivity index (χ3n) is 6.00. The second-order valence-corrected chi connectivity index (χ2v) is 7.69. The van der Waals surface area contributed by atoms with Gasteiger partial charge in [0.15, 0.2) is 0 Å². The molecule has 0 unspecified atom stereocenters. The van der Waals surface area contributed by atoms with E-state index in [1.165, 1.54) is 31.4 Å². The SMILES string of the molecule is O=C(O)c1cc(NC(=O)C23CC4CC(CC(C4)C2)C3)ccc1O. The molecule has 0 aliphatic heterocycles. The summed E-state index contributed by atoms with van der Waals surface area (Å²) in [5.41, 5.74) is -0.00926. The van der Waals surface area contributed by atoms with Crippen molar-refractivity contribution in [2.75, 3.05) is 5.32 Å². The summed E-state index contributed by atoms with van der Waals surface area (Å²) in [7, 11) is 0. The molecule has 0 aromatic heterocycles. The highest BCUT2D eigenvalue weighted by atomic mass is 16.4. The number of phenols is 1. The Hall–Kier alpha value is -2.04. The van der Waals surface area contributed by atoms with Crippen molar-refractivity contribution >= 4 is 17.6 Å². The fraction of sp³-hybridized carbons (Fsp3) is 0.556. The maximum absolute atomic E-state index is 12.9. The van der Waals surface area contributed by atoms with Gasteiger partial charge in [0.1, 0.15) is 11.3 Å². The molecule has 5 rings (SSSR count). The van der Waals surface area contributed by atoms with Gasteiger partial charge in [-0.1, -0.05) is 0 Å². The molecular weight excluding hydrogens is 294 g/mol. The first-order valence-electron chi connectivity index (χ1n) is 8.33. The third kappa shape index (κ3) is 2.38. The number of nitrogens with one attached hydrogen (secondary N) is 1. The Morgan fingerprint density at radius 2 is 1.61 bits per heavy atom. The van der Waals surface area contributed by atoms with E-state index >= 15 is 0 Å². The molecule has 4 fully saturated rings. The Balaban J connectivity index is 1.56. The van der Waals surface area contributed by atoms with Crippen LogP contribution in [0.2, 0.25) is 0 Å². The number of aromatic carboxylic acids is 1. The van der Waals surface area contributed by atoms with E-state index in [0.29, 0.717) is 23.4 Å². The summed E-state index contributed by atoms with van der Waals surface area (Å²) in [6.07, 6.45) is 6.72. The van der Waals surface area contributed by atoms with Crippen molar-refractivity contribution < 1.29 is 19.8 Å². The summed E-state index contributed by atoms with van der Waals surface area (Å²) in [6.45, 7) is 0. The molecule has 4 saturated carbocycles. The van der Waals surface area contributed by atoms with Gasteiger partial charge < -0.3 is 15.5 Å². The molecule has 4 aliphatic rings. The number of anilines is 1. The monoisotopic (exact) mass is 315 g/mol. The normalized spacial score (nSPS) is 34.3. The van der Waals surface area contributed by atoms with Crippen molar-refractivity contribution in [2.45, 2.75) is 38.5 Å². The minimum atomic E-state index is -1.20. The van der Waals surface area contributed by atoms with Gasteiger partial charge in [0.25, 0.3) is 0 Å². The molecule has 0 atom stereocenters. The van der Waals surface area contributed by atoms with E-state index in [2.05, 4.69) is 5.32 Å². The lowest BCUT2D eigenvalue weighted by atomic mass is 9.49. The molecule has 0 spiro atoms. The maximum atomic E-state index is 12.9. The standard InChI is InChI=1S/C18H21NO4/c20-15-2-1-13(6-14(15)16(21)22)19-17(23)18-7-10-3-11(8-18)5-12(4-10)9-18/h1-2,6,10-12,20H,3-5,7-9H2,(H,19,23)(H,21,22). The Morgan fingerprint density at radius 3 is 2.13 bits per heavy atom. The van der Waals surface area contributed by atoms with Crippen LogP contribution >= 0.6 is 0 Å². The van der Waals surface area contributed by atoms with Crippen LogP contribution in [0.25, 0.3) is 0 Å². The van der Waals surface area contributed by atoms with Crippen molar-refractivity contribution in [3.05, 3.63) is 23.8 Å². The average Bonchev–Trinajstić information content (AvgIpc) is 2.47. The number of hydrogen-bond donors (Lipinski definition) is 3. The van der Waals surface area contributed by atoms with E-state index in [0.717, 1.165) is 19.3 Å². The number of carboxylic acid groups (broad SMARTS) is 1. The van der Waals surface area contributed by atoms with Crippen LogP contribution in [0.3, 0.4) is 0 Å². The molecule has 1 amide bonds. The van der Waals surface area contributed by atoms with Gasteiger partial charge >= 0.3 is 5.97 Å². The molecule has 0 saturated heterocycles. The first kappa shape index (κ1) is 14.5. The van der Waals surface area contributed by atoms with Gasteiger partial charge in [-0.15, -0.1) is 0 Å². The number of benzene rings is 1. The van der Waals surface area contributed by atoms with Crippen molar-refractivity contribution in [2.24, 2.45) is 23.2 Å². The van der Waals surface area contributed by atoms with E-state index in [4.69, 9.17) is 5.11 Å². The summed E-state index contributed by atoms with van der Waals surface area (Å²) >= 11 is 0. The fourth-order valence-electron chi connectivity index (χ4n) is 5.44. The van der Waals surface area contributed by atoms with Crippen LogP contribution in [-0.2, 0) is 4.79 Å². The van der Waals surface area contributed by atoms with E-state index in [1.807, 2.05) is 0 Å². The zero-order chi connectivity index (χ0) is 16.2. The lowest BCUT2D eigenvalue weighted by molar-refractivity contribution is -0.140. The highest BCUT2D eigenvalue weighted by molar-refractivity contribution is 5.98. The van der Waals surface area contributed by atoms with Gasteiger partial charge in [-0.3, -0.25) is 4.79 Å². The molecule has 122 valence electrons. The molecule has 4 bridgehead atoms. The van der Waals surface area contributed by atoms with Gasteiger partial charge in [0, 0.05) is 5.69 Å². The second-order valence-electron chi connectivity index (χ2n) is 7.69. The predicted molar refractivity (Wildman–Crippen MR) is 84.3 cm³/mol. The Morgan fingerprint density at radius 1 is 1.04 bits per heavy atom. The lowest BCUT2D eigenvalue weighted by Crippen LogP contribution is -2.51. The summed E-state index contributed by atoms with van der Waals surface area (Å²) in [6, 6.07) is 4.20. The van der Waals surface area contributed by atoms with Gasteiger partial charge in [0.2, 0.25) is 5.91 Å². The summed E-state index contributed by atoms with van der Waals surface area (Å²) in [5.74, 6) is 0.585. The zero-order valence-electron chi connectivity index (χ0n) is 12.9. The summed E-state index contributed by atoms with van der Waals surface area (Å²) in [5, 5.41) is 21.6. The minimum Gasteiger partial charge on any atom is -0.507 e. The molecule has 23 heavy (non-hydrogen) atoms. The van der Waals surface area contributed by atoms with Crippen molar-refractivity contribution in [1.82, 2.24) is 0 Å². The molecule has 3 N–H and O–H groups in total. The van der Waals surface area contributed by atoms with Crippen LogP contribution < -0.4 is 5.32 Å². The number of hydrogen-bond acceptors (Lipinski definition) is 3. The molecule has 0 radical (unpaired) electrons. The zero-order valence-corrected chi connectivity index (χ0v) is 12.9. The van der Waals surface area contributed by atoms with Gasteiger partial charge in [-0.25, -0.2) is 4.79 Å². The smallest absolute Gasteiger partial charge is 0.339 e. The quantitative estimate of drug-likeness (QED) is 0.747. The minimum absolute atomic E-state index is 0.0265. The van der Waals surface area contributed by atoms with E-state index in [-0.39, 0.29) is 22.6 Å². The molecule has 4 aliphatic carbocycles. The van der Waals surface area contributed by atoms with Crippen LogP contribution in [-0.4, -0.2) is 22.1 Å². The molecule has 5 heteroatoms. The van der Waals surface area contributed by atoms with Crippen molar-refractivity contribution in [3.8, 4) is 5.75 Å². The number of amides is 1. The van der Waals surface area contributed by atoms with E-state index in [9.17, 15) is 14.7 Å². The Bertz CT molecular complexity index is 646. The fourth-order valence-corrected chi connectivity index (χ4v) is 5.44. The van der Waals surface area contributed by atoms with E-state index in [1.54, 1.807) is 6.07 Å². The average molecular weight is 315 g/mol. The van der Waals surface area contributed by atoms with Gasteiger partial charge in [0.05, 0.1) is 5.41 Å². The van der Waals surface area contributed by atoms with Gasteiger partial charge in [-0.05, 0) is 74.5 Å².